The number of nitrogens with zero attached hydrogens (tertiary/aromatic N) is 5. The van der Waals surface area contributed by atoms with Crippen molar-refractivity contribution in [2.75, 3.05) is 19.7 Å². The Balaban J connectivity index is 1.34. The van der Waals surface area contributed by atoms with Gasteiger partial charge in [-0.3, -0.25) is 4.90 Å². The normalized spacial score (nSPS) is 18.1. The summed E-state index contributed by atoms with van der Waals surface area (Å²) in [5.74, 6) is 2.35. The molecule has 0 saturated carbocycles. The number of likely N-dealkylation sites (tertiary alicyclic amines) is 1. The van der Waals surface area contributed by atoms with Gasteiger partial charge in [-0.2, -0.15) is 4.98 Å². The Bertz CT molecular complexity index is 1070. The summed E-state index contributed by atoms with van der Waals surface area (Å²) in [6.07, 6.45) is 8.50. The second-order valence-electron chi connectivity index (χ2n) is 8.33. The monoisotopic (exact) mass is 417 g/mol. The lowest BCUT2D eigenvalue weighted by Crippen LogP contribution is -2.24. The molecule has 4 heterocycles. The standard InChI is InChI=1S/C24H27N5O2/c1-16-22-10-21(31-24(22)28-17(2)27-16)14-30-23-6-5-18(20-11-25-15-26-12-20)9-19(23)13-29-7-3-4-8-29/h5-6,9,11-12,15,21H,3-4,7-8,10,13-14H2,1-2H3. The van der Waals surface area contributed by atoms with Gasteiger partial charge in [-0.15, -0.1) is 0 Å². The zero-order chi connectivity index (χ0) is 21.2. The molecular formula is C24H27N5O2. The average Bonchev–Trinajstić information content (AvgIpc) is 3.43. The van der Waals surface area contributed by atoms with Crippen molar-refractivity contribution in [2.45, 2.75) is 45.8 Å². The Morgan fingerprint density at radius 1 is 1.06 bits per heavy atom. The van der Waals surface area contributed by atoms with Crippen LogP contribution in [0.3, 0.4) is 0 Å². The van der Waals surface area contributed by atoms with E-state index in [9.17, 15) is 0 Å². The summed E-state index contributed by atoms with van der Waals surface area (Å²) in [6, 6.07) is 6.34. The van der Waals surface area contributed by atoms with Crippen molar-refractivity contribution < 1.29 is 9.47 Å². The van der Waals surface area contributed by atoms with E-state index in [1.807, 2.05) is 26.2 Å². The Kier molecular flexibility index (Phi) is 5.51. The smallest absolute Gasteiger partial charge is 0.220 e. The van der Waals surface area contributed by atoms with E-state index < -0.39 is 0 Å². The Labute approximate surface area is 182 Å². The van der Waals surface area contributed by atoms with Gasteiger partial charge in [0.2, 0.25) is 5.88 Å². The van der Waals surface area contributed by atoms with Crippen LogP contribution < -0.4 is 9.47 Å². The van der Waals surface area contributed by atoms with Crippen molar-refractivity contribution >= 4 is 0 Å². The van der Waals surface area contributed by atoms with Gasteiger partial charge >= 0.3 is 0 Å². The Morgan fingerprint density at radius 2 is 1.87 bits per heavy atom. The fraction of sp³-hybridized carbons (Fsp3) is 0.417. The molecule has 1 fully saturated rings. The van der Waals surface area contributed by atoms with Crippen molar-refractivity contribution in [3.8, 4) is 22.8 Å². The van der Waals surface area contributed by atoms with Crippen molar-refractivity contribution in [3.63, 3.8) is 0 Å². The minimum atomic E-state index is -0.0494. The lowest BCUT2D eigenvalue weighted by molar-refractivity contribution is 0.143. The van der Waals surface area contributed by atoms with Gasteiger partial charge in [0.1, 0.15) is 30.6 Å². The van der Waals surface area contributed by atoms with Gasteiger partial charge in [0.15, 0.2) is 0 Å². The van der Waals surface area contributed by atoms with E-state index in [1.54, 1.807) is 6.33 Å². The molecule has 5 rings (SSSR count). The highest BCUT2D eigenvalue weighted by Crippen LogP contribution is 2.31. The van der Waals surface area contributed by atoms with Gasteiger partial charge in [0.05, 0.1) is 0 Å². The predicted octanol–water partition coefficient (Wildman–Crippen LogP) is 3.53. The number of benzene rings is 1. The summed E-state index contributed by atoms with van der Waals surface area (Å²) >= 11 is 0. The number of fused-ring (bicyclic) bond motifs is 1. The minimum Gasteiger partial charge on any atom is -0.489 e. The molecular weight excluding hydrogens is 390 g/mol. The minimum absolute atomic E-state index is 0.0494. The molecule has 0 N–H and O–H groups in total. The van der Waals surface area contributed by atoms with Gasteiger partial charge in [0, 0.05) is 47.7 Å². The van der Waals surface area contributed by atoms with E-state index in [2.05, 4.69) is 43.0 Å². The zero-order valence-electron chi connectivity index (χ0n) is 18.0. The van der Waals surface area contributed by atoms with Gasteiger partial charge < -0.3 is 9.47 Å². The third-order valence-electron chi connectivity index (χ3n) is 5.97. The van der Waals surface area contributed by atoms with Crippen molar-refractivity contribution in [1.29, 1.82) is 0 Å². The number of aryl methyl sites for hydroxylation is 2. The largest absolute Gasteiger partial charge is 0.489 e. The van der Waals surface area contributed by atoms with Crippen molar-refractivity contribution in [2.24, 2.45) is 0 Å². The molecule has 7 nitrogen and oxygen atoms in total. The predicted molar refractivity (Wildman–Crippen MR) is 117 cm³/mol. The molecule has 31 heavy (non-hydrogen) atoms. The fourth-order valence-corrected chi connectivity index (χ4v) is 4.39. The van der Waals surface area contributed by atoms with Crippen LogP contribution in [0, 0.1) is 13.8 Å². The zero-order valence-corrected chi connectivity index (χ0v) is 18.0. The van der Waals surface area contributed by atoms with Crippen LogP contribution in [0.4, 0.5) is 0 Å². The van der Waals surface area contributed by atoms with Gasteiger partial charge in [-0.05, 0) is 57.5 Å². The second kappa shape index (κ2) is 8.59. The highest BCUT2D eigenvalue weighted by atomic mass is 16.5. The van der Waals surface area contributed by atoms with Crippen molar-refractivity contribution in [3.05, 3.63) is 59.6 Å². The van der Waals surface area contributed by atoms with Crippen LogP contribution >= 0.6 is 0 Å². The summed E-state index contributed by atoms with van der Waals surface area (Å²) in [4.78, 5) is 19.7. The third kappa shape index (κ3) is 4.37. The summed E-state index contributed by atoms with van der Waals surface area (Å²) in [6.45, 7) is 7.54. The molecule has 0 amide bonds. The molecule has 1 saturated heterocycles. The topological polar surface area (TPSA) is 73.3 Å². The Morgan fingerprint density at radius 3 is 2.68 bits per heavy atom. The van der Waals surface area contributed by atoms with Crippen LogP contribution in [-0.2, 0) is 13.0 Å². The lowest BCUT2D eigenvalue weighted by atomic mass is 10.0. The van der Waals surface area contributed by atoms with Crippen LogP contribution in [0.5, 0.6) is 11.6 Å². The van der Waals surface area contributed by atoms with E-state index in [0.29, 0.717) is 12.5 Å². The van der Waals surface area contributed by atoms with Gasteiger partial charge in [-0.1, -0.05) is 6.07 Å². The first-order valence-corrected chi connectivity index (χ1v) is 10.9. The summed E-state index contributed by atoms with van der Waals surface area (Å²) in [5.41, 5.74) is 5.39. The van der Waals surface area contributed by atoms with Gasteiger partial charge in [-0.25, -0.2) is 15.0 Å². The first-order chi connectivity index (χ1) is 15.2. The first-order valence-electron chi connectivity index (χ1n) is 10.9. The number of ether oxygens (including phenoxy) is 2. The maximum absolute atomic E-state index is 6.29. The maximum atomic E-state index is 6.29. The summed E-state index contributed by atoms with van der Waals surface area (Å²) < 4.78 is 12.3. The second-order valence-corrected chi connectivity index (χ2v) is 8.33. The maximum Gasteiger partial charge on any atom is 0.220 e. The number of aromatic nitrogens is 4. The highest BCUT2D eigenvalue weighted by Gasteiger charge is 2.28. The fourth-order valence-electron chi connectivity index (χ4n) is 4.39. The van der Waals surface area contributed by atoms with Crippen LogP contribution in [-0.4, -0.2) is 50.6 Å². The molecule has 0 aliphatic carbocycles. The van der Waals surface area contributed by atoms with Crippen molar-refractivity contribution in [1.82, 2.24) is 24.8 Å². The van der Waals surface area contributed by atoms with Crippen LogP contribution in [0.15, 0.2) is 36.9 Å². The first kappa shape index (κ1) is 19.9. The third-order valence-corrected chi connectivity index (χ3v) is 5.97. The number of hydrogen-bond donors (Lipinski definition) is 0. The summed E-state index contributed by atoms with van der Waals surface area (Å²) in [7, 11) is 0. The molecule has 1 unspecified atom stereocenters. The molecule has 160 valence electrons. The molecule has 2 aromatic heterocycles. The molecule has 0 spiro atoms. The highest BCUT2D eigenvalue weighted by molar-refractivity contribution is 5.64. The molecule has 2 aliphatic rings. The molecule has 0 radical (unpaired) electrons. The number of rotatable bonds is 6. The Hall–Kier alpha value is -3.06. The van der Waals surface area contributed by atoms with E-state index in [1.165, 1.54) is 18.4 Å². The van der Waals surface area contributed by atoms with E-state index >= 15 is 0 Å². The van der Waals surface area contributed by atoms with E-state index in [0.717, 1.165) is 60.0 Å². The number of hydrogen-bond acceptors (Lipinski definition) is 7. The van der Waals surface area contributed by atoms with Crippen LogP contribution in [0.2, 0.25) is 0 Å². The molecule has 3 aromatic rings. The molecule has 1 atom stereocenters. The molecule has 1 aromatic carbocycles. The van der Waals surface area contributed by atoms with E-state index in [4.69, 9.17) is 9.47 Å². The summed E-state index contributed by atoms with van der Waals surface area (Å²) in [5, 5.41) is 0. The molecule has 0 bridgehead atoms. The molecule has 2 aliphatic heterocycles. The van der Waals surface area contributed by atoms with Crippen LogP contribution in [0.25, 0.3) is 11.1 Å². The van der Waals surface area contributed by atoms with Gasteiger partial charge in [0.25, 0.3) is 0 Å². The lowest BCUT2D eigenvalue weighted by Gasteiger charge is -2.20. The average molecular weight is 418 g/mol. The quantitative estimate of drug-likeness (QED) is 0.607. The van der Waals surface area contributed by atoms with Crippen LogP contribution in [0.1, 0.15) is 35.5 Å². The molecule has 7 heteroatoms. The SMILES string of the molecule is Cc1nc(C)c2c(n1)OC(COc1ccc(-c3cncnc3)cc1CN1CCCC1)C2. The van der Waals surface area contributed by atoms with E-state index in [-0.39, 0.29) is 6.10 Å².